The number of aromatic amines is 1. The zero-order chi connectivity index (χ0) is 11.7. The smallest absolute Gasteiger partial charge is 0.200 e. The quantitative estimate of drug-likeness (QED) is 0.861. The summed E-state index contributed by atoms with van der Waals surface area (Å²) in [6, 6.07) is 0.233. The zero-order valence-electron chi connectivity index (χ0n) is 9.96. The Kier molecular flexibility index (Phi) is 2.96. The Morgan fingerprint density at radius 2 is 2.12 bits per heavy atom. The maximum Gasteiger partial charge on any atom is 0.200 e. The highest BCUT2D eigenvalue weighted by atomic mass is 32.1. The molecule has 2 aromatic heterocycles. The summed E-state index contributed by atoms with van der Waals surface area (Å²) in [5, 5.41) is 4.45. The number of rotatable bonds is 3. The van der Waals surface area contributed by atoms with Gasteiger partial charge in [0, 0.05) is 16.8 Å². The lowest BCUT2D eigenvalue weighted by Crippen LogP contribution is -2.07. The maximum absolute atomic E-state index is 4.43. The molecule has 0 aromatic carbocycles. The molecule has 0 radical (unpaired) electrons. The number of nitrogens with one attached hydrogen (secondary N) is 2. The second-order valence-corrected chi connectivity index (χ2v) is 5.20. The van der Waals surface area contributed by atoms with E-state index in [2.05, 4.69) is 27.2 Å². The molecule has 0 aliphatic rings. The van der Waals surface area contributed by atoms with Crippen molar-refractivity contribution in [1.29, 1.82) is 0 Å². The molecule has 0 bridgehead atoms. The first-order valence-corrected chi connectivity index (χ1v) is 6.10. The lowest BCUT2D eigenvalue weighted by Gasteiger charge is -2.11. The van der Waals surface area contributed by atoms with Crippen LogP contribution in [0, 0.1) is 20.8 Å². The second-order valence-electron chi connectivity index (χ2n) is 3.96. The molecule has 1 unspecified atom stereocenters. The van der Waals surface area contributed by atoms with Crippen LogP contribution >= 0.6 is 11.3 Å². The molecule has 16 heavy (non-hydrogen) atoms. The number of aromatic nitrogens is 3. The van der Waals surface area contributed by atoms with Crippen LogP contribution in [0.15, 0.2) is 6.20 Å². The van der Waals surface area contributed by atoms with E-state index in [1.165, 1.54) is 4.88 Å². The molecule has 2 rings (SSSR count). The van der Waals surface area contributed by atoms with Crippen molar-refractivity contribution in [3.63, 3.8) is 0 Å². The van der Waals surface area contributed by atoms with Crippen molar-refractivity contribution in [2.45, 2.75) is 33.7 Å². The number of hydrogen-bond donors (Lipinski definition) is 2. The van der Waals surface area contributed by atoms with Gasteiger partial charge in [0.15, 0.2) is 0 Å². The van der Waals surface area contributed by atoms with Gasteiger partial charge >= 0.3 is 0 Å². The summed E-state index contributed by atoms with van der Waals surface area (Å²) < 4.78 is 0. The third-order valence-electron chi connectivity index (χ3n) is 2.39. The van der Waals surface area contributed by atoms with Gasteiger partial charge < -0.3 is 10.3 Å². The van der Waals surface area contributed by atoms with E-state index in [0.717, 1.165) is 22.3 Å². The zero-order valence-corrected chi connectivity index (χ0v) is 10.8. The van der Waals surface area contributed by atoms with Crippen molar-refractivity contribution in [1.82, 2.24) is 15.0 Å². The Balaban J connectivity index is 2.14. The number of thiazole rings is 1. The molecule has 2 aromatic rings. The summed E-state index contributed by atoms with van der Waals surface area (Å²) in [6.07, 6.45) is 1.82. The first-order chi connectivity index (χ1) is 7.56. The molecule has 1 atom stereocenters. The summed E-state index contributed by atoms with van der Waals surface area (Å²) in [7, 11) is 0. The topological polar surface area (TPSA) is 53.6 Å². The van der Waals surface area contributed by atoms with Crippen LogP contribution in [-0.4, -0.2) is 15.0 Å². The number of anilines is 1. The Morgan fingerprint density at radius 3 is 2.62 bits per heavy atom. The van der Waals surface area contributed by atoms with Crippen LogP contribution < -0.4 is 5.32 Å². The van der Waals surface area contributed by atoms with E-state index in [9.17, 15) is 0 Å². The minimum Gasteiger partial charge on any atom is -0.348 e. The molecule has 0 amide bonds. The summed E-state index contributed by atoms with van der Waals surface area (Å²) in [6.45, 7) is 8.19. The standard InChI is InChI=1S/C11H16N4S/c1-6-5-12-11(13-6)15-8(3)10-7(2)14-9(4)16-10/h5,8H,1-4H3,(H2,12,13,15). The van der Waals surface area contributed by atoms with Crippen molar-refractivity contribution in [3.05, 3.63) is 27.5 Å². The highest BCUT2D eigenvalue weighted by Crippen LogP contribution is 2.26. The van der Waals surface area contributed by atoms with Gasteiger partial charge in [0.2, 0.25) is 5.95 Å². The van der Waals surface area contributed by atoms with Crippen molar-refractivity contribution in [2.24, 2.45) is 0 Å². The number of hydrogen-bond acceptors (Lipinski definition) is 4. The van der Waals surface area contributed by atoms with E-state index in [4.69, 9.17) is 0 Å². The summed E-state index contributed by atoms with van der Waals surface area (Å²) in [5.41, 5.74) is 2.16. The molecular formula is C11H16N4S. The Hall–Kier alpha value is -1.36. The minimum atomic E-state index is 0.233. The Labute approximate surface area is 99.2 Å². The summed E-state index contributed by atoms with van der Waals surface area (Å²) in [5.74, 6) is 0.815. The molecule has 0 saturated carbocycles. The lowest BCUT2D eigenvalue weighted by atomic mass is 10.2. The highest BCUT2D eigenvalue weighted by molar-refractivity contribution is 7.11. The molecule has 2 heterocycles. The van der Waals surface area contributed by atoms with Crippen LogP contribution in [0.2, 0.25) is 0 Å². The molecule has 0 fully saturated rings. The fourth-order valence-corrected chi connectivity index (χ4v) is 2.64. The molecule has 5 heteroatoms. The van der Waals surface area contributed by atoms with Gasteiger partial charge in [-0.2, -0.15) is 0 Å². The van der Waals surface area contributed by atoms with E-state index >= 15 is 0 Å². The molecule has 0 spiro atoms. The van der Waals surface area contributed by atoms with Gasteiger partial charge in [-0.15, -0.1) is 11.3 Å². The monoisotopic (exact) mass is 236 g/mol. The van der Waals surface area contributed by atoms with E-state index < -0.39 is 0 Å². The maximum atomic E-state index is 4.43. The Morgan fingerprint density at radius 1 is 1.38 bits per heavy atom. The number of aryl methyl sites for hydroxylation is 3. The van der Waals surface area contributed by atoms with Gasteiger partial charge in [-0.3, -0.25) is 0 Å². The number of nitrogens with zero attached hydrogens (tertiary/aromatic N) is 2. The Bertz CT molecular complexity index is 486. The SMILES string of the molecule is Cc1cnc(NC(C)c2sc(C)nc2C)[nH]1. The number of imidazole rings is 1. The predicted molar refractivity (Wildman–Crippen MR) is 67.0 cm³/mol. The van der Waals surface area contributed by atoms with Gasteiger partial charge in [0.05, 0.1) is 16.7 Å². The predicted octanol–water partition coefficient (Wildman–Crippen LogP) is 2.96. The minimum absolute atomic E-state index is 0.233. The van der Waals surface area contributed by atoms with Gasteiger partial charge in [0.1, 0.15) is 0 Å². The molecule has 4 nitrogen and oxygen atoms in total. The third-order valence-corrected chi connectivity index (χ3v) is 3.64. The fourth-order valence-electron chi connectivity index (χ4n) is 1.71. The second kappa shape index (κ2) is 4.25. The molecule has 86 valence electrons. The molecule has 0 aliphatic carbocycles. The lowest BCUT2D eigenvalue weighted by molar-refractivity contribution is 0.872. The average Bonchev–Trinajstić information content (AvgIpc) is 2.73. The van der Waals surface area contributed by atoms with Gasteiger partial charge in [-0.05, 0) is 27.7 Å². The van der Waals surface area contributed by atoms with Crippen LogP contribution in [0.25, 0.3) is 0 Å². The highest BCUT2D eigenvalue weighted by Gasteiger charge is 2.13. The largest absolute Gasteiger partial charge is 0.348 e. The van der Waals surface area contributed by atoms with Gasteiger partial charge in [-0.1, -0.05) is 0 Å². The van der Waals surface area contributed by atoms with Crippen LogP contribution in [0.5, 0.6) is 0 Å². The normalized spacial score (nSPS) is 12.8. The van der Waals surface area contributed by atoms with E-state index in [0.29, 0.717) is 0 Å². The van der Waals surface area contributed by atoms with Crippen molar-refractivity contribution < 1.29 is 0 Å². The first kappa shape index (κ1) is 11.1. The van der Waals surface area contributed by atoms with Crippen LogP contribution in [0.4, 0.5) is 5.95 Å². The van der Waals surface area contributed by atoms with E-state index in [1.54, 1.807) is 11.3 Å². The van der Waals surface area contributed by atoms with Gasteiger partial charge in [0.25, 0.3) is 0 Å². The molecule has 0 aliphatic heterocycles. The average molecular weight is 236 g/mol. The van der Waals surface area contributed by atoms with Gasteiger partial charge in [-0.25, -0.2) is 9.97 Å². The van der Waals surface area contributed by atoms with Crippen molar-refractivity contribution in [2.75, 3.05) is 5.32 Å². The van der Waals surface area contributed by atoms with E-state index in [1.807, 2.05) is 27.0 Å². The molecular weight excluding hydrogens is 220 g/mol. The van der Waals surface area contributed by atoms with Crippen molar-refractivity contribution >= 4 is 17.3 Å². The van der Waals surface area contributed by atoms with Crippen LogP contribution in [0.3, 0.4) is 0 Å². The fraction of sp³-hybridized carbons (Fsp3) is 0.455. The van der Waals surface area contributed by atoms with E-state index in [-0.39, 0.29) is 6.04 Å². The van der Waals surface area contributed by atoms with Crippen molar-refractivity contribution in [3.8, 4) is 0 Å². The summed E-state index contributed by atoms with van der Waals surface area (Å²) >= 11 is 1.73. The molecule has 0 saturated heterocycles. The summed E-state index contributed by atoms with van der Waals surface area (Å²) in [4.78, 5) is 13.1. The van der Waals surface area contributed by atoms with Crippen LogP contribution in [-0.2, 0) is 0 Å². The molecule has 2 N–H and O–H groups in total. The third kappa shape index (κ3) is 2.24. The first-order valence-electron chi connectivity index (χ1n) is 5.28. The van der Waals surface area contributed by atoms with Crippen LogP contribution in [0.1, 0.15) is 34.2 Å². The number of H-pyrrole nitrogens is 1.